The van der Waals surface area contributed by atoms with E-state index in [9.17, 15) is 9.90 Å². The molecular formula is C13H20N4O2. The fourth-order valence-corrected chi connectivity index (χ4v) is 2.66. The zero-order valence-corrected chi connectivity index (χ0v) is 11.2. The number of nitrogens with one attached hydrogen (secondary N) is 1. The van der Waals surface area contributed by atoms with Gasteiger partial charge < -0.3 is 9.67 Å². The molecule has 2 heterocycles. The minimum Gasteiger partial charge on any atom is -0.480 e. The molecule has 1 aliphatic heterocycles. The molecule has 1 unspecified atom stereocenters. The Morgan fingerprint density at radius 1 is 1.58 bits per heavy atom. The van der Waals surface area contributed by atoms with Crippen LogP contribution in [0.3, 0.4) is 0 Å². The predicted octanol–water partition coefficient (Wildman–Crippen LogP) is 0.294. The van der Waals surface area contributed by atoms with Gasteiger partial charge >= 0.3 is 5.97 Å². The maximum absolute atomic E-state index is 11.5. The molecule has 6 heteroatoms. The molecule has 0 amide bonds. The van der Waals surface area contributed by atoms with E-state index in [-0.39, 0.29) is 0 Å². The third kappa shape index (κ3) is 2.64. The summed E-state index contributed by atoms with van der Waals surface area (Å²) in [5.74, 6) is 0.249. The van der Waals surface area contributed by atoms with Gasteiger partial charge in [0.05, 0.1) is 6.54 Å². The third-order valence-corrected chi connectivity index (χ3v) is 3.94. The van der Waals surface area contributed by atoms with E-state index in [2.05, 4.69) is 19.8 Å². The molecule has 1 atom stereocenters. The Balaban J connectivity index is 1.67. The van der Waals surface area contributed by atoms with Crippen LogP contribution in [0.25, 0.3) is 0 Å². The summed E-state index contributed by atoms with van der Waals surface area (Å²) < 4.78 is 2.13. The first-order chi connectivity index (χ1) is 9.07. The number of aliphatic carboxylic acids is 1. The molecule has 0 bridgehead atoms. The lowest BCUT2D eigenvalue weighted by Gasteiger charge is -2.35. The fraction of sp³-hybridized carbons (Fsp3) is 0.692. The van der Waals surface area contributed by atoms with E-state index < -0.39 is 11.5 Å². The van der Waals surface area contributed by atoms with Gasteiger partial charge in [-0.2, -0.15) is 0 Å². The molecule has 19 heavy (non-hydrogen) atoms. The Kier molecular flexibility index (Phi) is 3.06. The lowest BCUT2D eigenvalue weighted by molar-refractivity contribution is -0.145. The summed E-state index contributed by atoms with van der Waals surface area (Å²) in [6, 6.07) is 0.382. The van der Waals surface area contributed by atoms with E-state index in [1.165, 1.54) is 0 Å². The molecule has 1 aliphatic carbocycles. The van der Waals surface area contributed by atoms with E-state index in [1.54, 1.807) is 13.1 Å². The van der Waals surface area contributed by atoms with E-state index in [0.29, 0.717) is 12.6 Å². The second-order valence-electron chi connectivity index (χ2n) is 5.80. The number of imidazole rings is 1. The molecule has 2 aliphatic rings. The highest BCUT2D eigenvalue weighted by Gasteiger charge is 2.40. The highest BCUT2D eigenvalue weighted by molar-refractivity contribution is 5.78. The van der Waals surface area contributed by atoms with Gasteiger partial charge in [-0.3, -0.25) is 15.0 Å². The SMILES string of the molecule is CC(CN1CCn2ccnc2C1)(NC1CC1)C(=O)O. The first kappa shape index (κ1) is 12.6. The van der Waals surface area contributed by atoms with E-state index in [1.807, 2.05) is 6.20 Å². The molecule has 0 saturated heterocycles. The van der Waals surface area contributed by atoms with Crippen LogP contribution in [-0.4, -0.2) is 50.2 Å². The summed E-state index contributed by atoms with van der Waals surface area (Å²) in [6.45, 7) is 4.79. The molecular weight excluding hydrogens is 244 g/mol. The molecule has 104 valence electrons. The molecule has 1 saturated carbocycles. The van der Waals surface area contributed by atoms with Crippen molar-refractivity contribution in [1.82, 2.24) is 19.8 Å². The average molecular weight is 264 g/mol. The Bertz CT molecular complexity index is 483. The highest BCUT2D eigenvalue weighted by atomic mass is 16.4. The van der Waals surface area contributed by atoms with Crippen molar-refractivity contribution in [3.8, 4) is 0 Å². The molecule has 0 aromatic carbocycles. The van der Waals surface area contributed by atoms with Crippen molar-refractivity contribution in [2.45, 2.75) is 44.4 Å². The minimum absolute atomic E-state index is 0.382. The number of nitrogens with zero attached hydrogens (tertiary/aromatic N) is 3. The molecule has 1 aromatic heterocycles. The van der Waals surface area contributed by atoms with Crippen molar-refractivity contribution in [3.63, 3.8) is 0 Å². The van der Waals surface area contributed by atoms with Crippen molar-refractivity contribution < 1.29 is 9.90 Å². The number of carbonyl (C=O) groups is 1. The standard InChI is InChI=1S/C13H20N4O2/c1-13(12(18)19,15-10-2-3-10)9-16-6-7-17-5-4-14-11(17)8-16/h4-5,10,15H,2-3,6-9H2,1H3,(H,18,19). The molecule has 2 N–H and O–H groups in total. The highest BCUT2D eigenvalue weighted by Crippen LogP contribution is 2.24. The monoisotopic (exact) mass is 264 g/mol. The van der Waals surface area contributed by atoms with Gasteiger partial charge in [-0.15, -0.1) is 0 Å². The fourth-order valence-electron chi connectivity index (χ4n) is 2.66. The van der Waals surface area contributed by atoms with Gasteiger partial charge in [-0.25, -0.2) is 4.98 Å². The second-order valence-corrected chi connectivity index (χ2v) is 5.80. The van der Waals surface area contributed by atoms with Gasteiger partial charge in [0.2, 0.25) is 0 Å². The average Bonchev–Trinajstić information content (AvgIpc) is 3.04. The maximum atomic E-state index is 11.5. The van der Waals surface area contributed by atoms with E-state index in [4.69, 9.17) is 0 Å². The van der Waals surface area contributed by atoms with Crippen molar-refractivity contribution in [2.75, 3.05) is 13.1 Å². The quantitative estimate of drug-likeness (QED) is 0.800. The Morgan fingerprint density at radius 3 is 3.05 bits per heavy atom. The van der Waals surface area contributed by atoms with Gasteiger partial charge in [0.15, 0.2) is 0 Å². The van der Waals surface area contributed by atoms with Crippen LogP contribution in [0, 0.1) is 0 Å². The summed E-state index contributed by atoms with van der Waals surface area (Å²) >= 11 is 0. The van der Waals surface area contributed by atoms with Crippen LogP contribution in [0.15, 0.2) is 12.4 Å². The van der Waals surface area contributed by atoms with Crippen molar-refractivity contribution in [3.05, 3.63) is 18.2 Å². The minimum atomic E-state index is -0.865. The lowest BCUT2D eigenvalue weighted by atomic mass is 10.0. The van der Waals surface area contributed by atoms with Crippen LogP contribution >= 0.6 is 0 Å². The van der Waals surface area contributed by atoms with Crippen LogP contribution in [0.5, 0.6) is 0 Å². The summed E-state index contributed by atoms with van der Waals surface area (Å²) in [7, 11) is 0. The van der Waals surface area contributed by atoms with Crippen molar-refractivity contribution >= 4 is 5.97 Å². The Labute approximate surface area is 112 Å². The van der Waals surface area contributed by atoms with Gasteiger partial charge in [0.25, 0.3) is 0 Å². The molecule has 1 aromatic rings. The van der Waals surface area contributed by atoms with Gasteiger partial charge in [0, 0.05) is 38.1 Å². The van der Waals surface area contributed by atoms with Crippen molar-refractivity contribution in [2.24, 2.45) is 0 Å². The molecule has 0 spiro atoms. The number of carboxylic acid groups (broad SMARTS) is 1. The summed E-state index contributed by atoms with van der Waals surface area (Å²) in [4.78, 5) is 18.0. The number of fused-ring (bicyclic) bond motifs is 1. The van der Waals surface area contributed by atoms with Crippen LogP contribution in [0.1, 0.15) is 25.6 Å². The number of hydrogen-bond acceptors (Lipinski definition) is 4. The van der Waals surface area contributed by atoms with Gasteiger partial charge in [-0.1, -0.05) is 0 Å². The first-order valence-corrected chi connectivity index (χ1v) is 6.80. The zero-order valence-electron chi connectivity index (χ0n) is 11.2. The normalized spacial score (nSPS) is 22.8. The zero-order chi connectivity index (χ0) is 13.5. The van der Waals surface area contributed by atoms with Gasteiger partial charge in [0.1, 0.15) is 11.4 Å². The van der Waals surface area contributed by atoms with Crippen LogP contribution < -0.4 is 5.32 Å². The third-order valence-electron chi connectivity index (χ3n) is 3.94. The summed E-state index contributed by atoms with van der Waals surface area (Å²) in [6.07, 6.45) is 5.96. The number of carboxylic acids is 1. The van der Waals surface area contributed by atoms with E-state index >= 15 is 0 Å². The summed E-state index contributed by atoms with van der Waals surface area (Å²) in [5.41, 5.74) is -0.865. The maximum Gasteiger partial charge on any atom is 0.324 e. The molecule has 0 radical (unpaired) electrons. The number of hydrogen-bond donors (Lipinski definition) is 2. The topological polar surface area (TPSA) is 70.4 Å². The first-order valence-electron chi connectivity index (χ1n) is 6.80. The van der Waals surface area contributed by atoms with Crippen LogP contribution in [-0.2, 0) is 17.9 Å². The summed E-state index contributed by atoms with van der Waals surface area (Å²) in [5, 5.41) is 12.7. The number of aromatic nitrogens is 2. The van der Waals surface area contributed by atoms with Crippen LogP contribution in [0.2, 0.25) is 0 Å². The number of rotatable bonds is 5. The predicted molar refractivity (Wildman–Crippen MR) is 69.7 cm³/mol. The van der Waals surface area contributed by atoms with E-state index in [0.717, 1.165) is 38.3 Å². The van der Waals surface area contributed by atoms with Crippen LogP contribution in [0.4, 0.5) is 0 Å². The lowest BCUT2D eigenvalue weighted by Crippen LogP contribution is -2.58. The second kappa shape index (κ2) is 4.61. The molecule has 1 fully saturated rings. The smallest absolute Gasteiger partial charge is 0.324 e. The van der Waals surface area contributed by atoms with Gasteiger partial charge in [-0.05, 0) is 19.8 Å². The Morgan fingerprint density at radius 2 is 2.37 bits per heavy atom. The largest absolute Gasteiger partial charge is 0.480 e. The Hall–Kier alpha value is -1.40. The van der Waals surface area contributed by atoms with Crippen molar-refractivity contribution in [1.29, 1.82) is 0 Å². The molecule has 3 rings (SSSR count). The molecule has 6 nitrogen and oxygen atoms in total.